The molecule has 0 aliphatic heterocycles. The predicted molar refractivity (Wildman–Crippen MR) is 46.2 cm³/mol. The quantitative estimate of drug-likeness (QED) is 0.508. The van der Waals surface area contributed by atoms with Crippen LogP contribution in [0.15, 0.2) is 5.16 Å². The lowest BCUT2D eigenvalue weighted by Gasteiger charge is -2.09. The first-order valence-electron chi connectivity index (χ1n) is 4.05. The van der Waals surface area contributed by atoms with Crippen LogP contribution in [-0.2, 0) is 9.63 Å². The van der Waals surface area contributed by atoms with E-state index in [1.54, 1.807) is 0 Å². The maximum Gasteiger partial charge on any atom is 0.353 e. The number of hydrogen-bond acceptors (Lipinski definition) is 3. The van der Waals surface area contributed by atoms with Gasteiger partial charge in [0.05, 0.1) is 0 Å². The highest BCUT2D eigenvalue weighted by molar-refractivity contribution is 6.34. The summed E-state index contributed by atoms with van der Waals surface area (Å²) in [4.78, 5) is 15.2. The number of nitrogens with zero attached hydrogens (tertiary/aromatic N) is 1. The summed E-state index contributed by atoms with van der Waals surface area (Å²) >= 11 is 0. The van der Waals surface area contributed by atoms with Crippen molar-refractivity contribution in [2.45, 2.75) is 39.7 Å². The number of rotatable bonds is 5. The minimum absolute atomic E-state index is 0.0121. The standard InChI is InChI=1S/C8H15NO3/c1-4-7(5-2)12-9-6(3)8(10)11/h7H,4-5H2,1-3H3,(H,10,11)/b9-6+. The molecule has 0 fully saturated rings. The third kappa shape index (κ3) is 3.95. The average molecular weight is 173 g/mol. The molecule has 4 heteroatoms. The molecule has 0 bridgehead atoms. The van der Waals surface area contributed by atoms with Gasteiger partial charge in [-0.15, -0.1) is 0 Å². The van der Waals surface area contributed by atoms with Crippen molar-refractivity contribution in [3.63, 3.8) is 0 Å². The Morgan fingerprint density at radius 3 is 2.33 bits per heavy atom. The first-order chi connectivity index (χ1) is 5.61. The number of carboxylic acid groups (broad SMARTS) is 1. The minimum atomic E-state index is -1.04. The molecule has 4 nitrogen and oxygen atoms in total. The zero-order chi connectivity index (χ0) is 9.56. The van der Waals surface area contributed by atoms with Crippen molar-refractivity contribution >= 4 is 11.7 Å². The molecule has 0 saturated heterocycles. The van der Waals surface area contributed by atoms with E-state index in [9.17, 15) is 4.79 Å². The number of aliphatic carboxylic acids is 1. The van der Waals surface area contributed by atoms with Crippen LogP contribution in [0.3, 0.4) is 0 Å². The van der Waals surface area contributed by atoms with E-state index in [4.69, 9.17) is 9.94 Å². The second kappa shape index (κ2) is 5.57. The Labute approximate surface area is 72.2 Å². The minimum Gasteiger partial charge on any atom is -0.477 e. The second-order valence-electron chi connectivity index (χ2n) is 2.53. The van der Waals surface area contributed by atoms with Gasteiger partial charge in [-0.1, -0.05) is 19.0 Å². The lowest BCUT2D eigenvalue weighted by Crippen LogP contribution is -2.12. The summed E-state index contributed by atoms with van der Waals surface area (Å²) in [6.07, 6.45) is 1.71. The maximum absolute atomic E-state index is 10.3. The molecule has 1 N–H and O–H groups in total. The van der Waals surface area contributed by atoms with Gasteiger partial charge in [-0.25, -0.2) is 4.79 Å². The van der Waals surface area contributed by atoms with Gasteiger partial charge in [0.1, 0.15) is 6.10 Å². The van der Waals surface area contributed by atoms with Gasteiger partial charge in [-0.05, 0) is 19.8 Å². The number of hydrogen-bond donors (Lipinski definition) is 1. The van der Waals surface area contributed by atoms with Crippen molar-refractivity contribution in [1.29, 1.82) is 0 Å². The van der Waals surface area contributed by atoms with E-state index >= 15 is 0 Å². The van der Waals surface area contributed by atoms with Crippen molar-refractivity contribution in [2.75, 3.05) is 0 Å². The summed E-state index contributed by atoms with van der Waals surface area (Å²) in [7, 11) is 0. The summed E-state index contributed by atoms with van der Waals surface area (Å²) in [6, 6.07) is 0. The molecule has 0 rings (SSSR count). The highest BCUT2D eigenvalue weighted by atomic mass is 16.6. The summed E-state index contributed by atoms with van der Waals surface area (Å²) in [5, 5.41) is 11.9. The molecule has 0 aromatic rings. The van der Waals surface area contributed by atoms with Crippen molar-refractivity contribution in [2.24, 2.45) is 5.16 Å². The van der Waals surface area contributed by atoms with Crippen LogP contribution in [0.5, 0.6) is 0 Å². The Kier molecular flexibility index (Phi) is 5.08. The van der Waals surface area contributed by atoms with Crippen LogP contribution in [0.1, 0.15) is 33.6 Å². The molecule has 0 unspecified atom stereocenters. The van der Waals surface area contributed by atoms with Gasteiger partial charge in [-0.3, -0.25) is 0 Å². The highest BCUT2D eigenvalue weighted by Gasteiger charge is 2.05. The zero-order valence-electron chi connectivity index (χ0n) is 7.70. The van der Waals surface area contributed by atoms with E-state index in [1.807, 2.05) is 13.8 Å². The molecule has 0 saturated carbocycles. The lowest BCUT2D eigenvalue weighted by molar-refractivity contribution is -0.129. The Morgan fingerprint density at radius 1 is 1.50 bits per heavy atom. The normalized spacial score (nSPS) is 11.8. The van der Waals surface area contributed by atoms with E-state index in [1.165, 1.54) is 6.92 Å². The van der Waals surface area contributed by atoms with E-state index in [2.05, 4.69) is 5.16 Å². The van der Waals surface area contributed by atoms with E-state index in [-0.39, 0.29) is 11.8 Å². The Morgan fingerprint density at radius 2 is 2.00 bits per heavy atom. The molecule has 0 radical (unpaired) electrons. The van der Waals surface area contributed by atoms with Gasteiger partial charge in [0.2, 0.25) is 0 Å². The van der Waals surface area contributed by atoms with Crippen LogP contribution in [0.25, 0.3) is 0 Å². The van der Waals surface area contributed by atoms with Crippen LogP contribution >= 0.6 is 0 Å². The van der Waals surface area contributed by atoms with Crippen molar-refractivity contribution in [1.82, 2.24) is 0 Å². The van der Waals surface area contributed by atoms with Crippen LogP contribution in [0, 0.1) is 0 Å². The molecule has 0 aromatic carbocycles. The fourth-order valence-corrected chi connectivity index (χ4v) is 0.630. The average Bonchev–Trinajstić information content (AvgIpc) is 2.05. The Hall–Kier alpha value is -1.06. The molecule has 70 valence electrons. The van der Waals surface area contributed by atoms with Crippen LogP contribution in [-0.4, -0.2) is 22.9 Å². The van der Waals surface area contributed by atoms with Crippen molar-refractivity contribution in [3.8, 4) is 0 Å². The molecule has 0 amide bonds. The number of oxime groups is 1. The third-order valence-corrected chi connectivity index (χ3v) is 1.56. The maximum atomic E-state index is 10.3. The summed E-state index contributed by atoms with van der Waals surface area (Å²) in [6.45, 7) is 5.35. The fraction of sp³-hybridized carbons (Fsp3) is 0.750. The second-order valence-corrected chi connectivity index (χ2v) is 2.53. The van der Waals surface area contributed by atoms with E-state index in [0.29, 0.717) is 0 Å². The van der Waals surface area contributed by atoms with Crippen LogP contribution in [0.2, 0.25) is 0 Å². The first-order valence-corrected chi connectivity index (χ1v) is 4.05. The van der Waals surface area contributed by atoms with Gasteiger partial charge in [-0.2, -0.15) is 0 Å². The zero-order valence-corrected chi connectivity index (χ0v) is 7.70. The molecular weight excluding hydrogens is 158 g/mol. The third-order valence-electron chi connectivity index (χ3n) is 1.56. The first kappa shape index (κ1) is 10.9. The van der Waals surface area contributed by atoms with Crippen molar-refractivity contribution < 1.29 is 14.7 Å². The van der Waals surface area contributed by atoms with Crippen LogP contribution in [0.4, 0.5) is 0 Å². The monoisotopic (exact) mass is 173 g/mol. The molecular formula is C8H15NO3. The van der Waals surface area contributed by atoms with Crippen molar-refractivity contribution in [3.05, 3.63) is 0 Å². The molecule has 0 heterocycles. The van der Waals surface area contributed by atoms with Gasteiger partial charge in [0, 0.05) is 0 Å². The topological polar surface area (TPSA) is 58.9 Å². The lowest BCUT2D eigenvalue weighted by atomic mass is 10.2. The molecule has 0 aliphatic rings. The van der Waals surface area contributed by atoms with E-state index < -0.39 is 5.97 Å². The van der Waals surface area contributed by atoms with Gasteiger partial charge in [0.15, 0.2) is 5.71 Å². The molecule has 0 spiro atoms. The fourth-order valence-electron chi connectivity index (χ4n) is 0.630. The van der Waals surface area contributed by atoms with Gasteiger partial charge < -0.3 is 9.94 Å². The predicted octanol–water partition coefficient (Wildman–Crippen LogP) is 1.65. The molecule has 0 aliphatic carbocycles. The van der Waals surface area contributed by atoms with E-state index in [0.717, 1.165) is 12.8 Å². The molecule has 12 heavy (non-hydrogen) atoms. The largest absolute Gasteiger partial charge is 0.477 e. The Balaban J connectivity index is 3.93. The summed E-state index contributed by atoms with van der Waals surface area (Å²) in [5.74, 6) is -1.04. The number of carbonyl (C=O) groups is 1. The Bertz CT molecular complexity index is 173. The van der Waals surface area contributed by atoms with Crippen LogP contribution < -0.4 is 0 Å². The SMILES string of the molecule is CCC(CC)O/N=C(\C)C(=O)O. The molecule has 0 atom stereocenters. The van der Waals surface area contributed by atoms with Gasteiger partial charge in [0.25, 0.3) is 0 Å². The highest BCUT2D eigenvalue weighted by Crippen LogP contribution is 2.02. The number of carboxylic acids is 1. The smallest absolute Gasteiger partial charge is 0.353 e. The van der Waals surface area contributed by atoms with Gasteiger partial charge >= 0.3 is 5.97 Å². The summed E-state index contributed by atoms with van der Waals surface area (Å²) in [5.41, 5.74) is -0.0121. The molecule has 0 aromatic heterocycles. The summed E-state index contributed by atoms with van der Waals surface area (Å²) < 4.78 is 0.